The first-order valence-electron chi connectivity index (χ1n) is 5.97. The minimum Gasteiger partial charge on any atom is -0.346 e. The summed E-state index contributed by atoms with van der Waals surface area (Å²) in [7, 11) is -2.94. The zero-order valence-electron chi connectivity index (χ0n) is 10.3. The van der Waals surface area contributed by atoms with E-state index >= 15 is 0 Å². The molecular formula is C13H16ClNO2S. The van der Waals surface area contributed by atoms with Crippen LogP contribution in [0.15, 0.2) is 30.5 Å². The zero-order chi connectivity index (χ0) is 13.2. The molecule has 0 fully saturated rings. The summed E-state index contributed by atoms with van der Waals surface area (Å²) in [5.74, 6) is 0.435. The normalized spacial score (nSPS) is 12.1. The minimum atomic E-state index is -2.94. The number of aryl methyl sites for hydroxylation is 1. The van der Waals surface area contributed by atoms with Crippen molar-refractivity contribution in [2.75, 3.05) is 11.5 Å². The first kappa shape index (κ1) is 13.4. The van der Waals surface area contributed by atoms with Crippen LogP contribution in [0.25, 0.3) is 10.9 Å². The fourth-order valence-electron chi connectivity index (χ4n) is 2.03. The molecule has 0 saturated carbocycles. The highest BCUT2D eigenvalue weighted by atomic mass is 35.5. The Hall–Kier alpha value is -1.00. The molecule has 0 atom stereocenters. The van der Waals surface area contributed by atoms with Gasteiger partial charge in [0.1, 0.15) is 0 Å². The van der Waals surface area contributed by atoms with Crippen LogP contribution in [0.3, 0.4) is 0 Å². The molecule has 0 unspecified atom stereocenters. The molecule has 0 aliphatic heterocycles. The summed E-state index contributed by atoms with van der Waals surface area (Å²) in [5.41, 5.74) is 0.981. The number of sulfone groups is 1. The van der Waals surface area contributed by atoms with E-state index in [0.29, 0.717) is 18.0 Å². The van der Waals surface area contributed by atoms with Crippen molar-refractivity contribution in [1.29, 1.82) is 0 Å². The molecule has 0 bridgehead atoms. The van der Waals surface area contributed by atoms with E-state index in [1.165, 1.54) is 0 Å². The summed E-state index contributed by atoms with van der Waals surface area (Å²) in [6, 6.07) is 7.58. The van der Waals surface area contributed by atoms with Gasteiger partial charge >= 0.3 is 0 Å². The standard InChI is InChI=1S/C13H16ClNO2S/c1-2-9-18(16,17)10-8-15-7-6-11-12(14)4-3-5-13(11)15/h3-7H,2,8-10H2,1H3. The van der Waals surface area contributed by atoms with Gasteiger partial charge in [-0.05, 0) is 24.6 Å². The first-order valence-corrected chi connectivity index (χ1v) is 8.17. The molecule has 0 saturated heterocycles. The Bertz CT molecular complexity index is 646. The van der Waals surface area contributed by atoms with Gasteiger partial charge < -0.3 is 4.57 Å². The predicted octanol–water partition coefficient (Wildman–Crippen LogP) is 3.12. The highest BCUT2D eigenvalue weighted by Gasteiger charge is 2.11. The molecule has 5 heteroatoms. The molecule has 1 aromatic carbocycles. The molecule has 0 radical (unpaired) electrons. The lowest BCUT2D eigenvalue weighted by atomic mass is 10.2. The lowest BCUT2D eigenvalue weighted by Crippen LogP contribution is -2.15. The van der Waals surface area contributed by atoms with E-state index < -0.39 is 9.84 Å². The van der Waals surface area contributed by atoms with E-state index in [4.69, 9.17) is 11.6 Å². The van der Waals surface area contributed by atoms with Gasteiger partial charge in [0.25, 0.3) is 0 Å². The SMILES string of the molecule is CCCS(=O)(=O)CCn1ccc2c(Cl)cccc21. The van der Waals surface area contributed by atoms with Gasteiger partial charge in [0.2, 0.25) is 0 Å². The van der Waals surface area contributed by atoms with E-state index in [-0.39, 0.29) is 11.5 Å². The fourth-order valence-corrected chi connectivity index (χ4v) is 3.56. The summed E-state index contributed by atoms with van der Waals surface area (Å²) in [6.45, 7) is 2.36. The Labute approximate surface area is 112 Å². The third-order valence-corrected chi connectivity index (χ3v) is 5.08. The lowest BCUT2D eigenvalue weighted by molar-refractivity contribution is 0.588. The largest absolute Gasteiger partial charge is 0.346 e. The highest BCUT2D eigenvalue weighted by molar-refractivity contribution is 7.91. The van der Waals surface area contributed by atoms with E-state index in [0.717, 1.165) is 10.9 Å². The summed E-state index contributed by atoms with van der Waals surface area (Å²) in [6.07, 6.45) is 2.55. The Kier molecular flexibility index (Phi) is 3.97. The molecule has 1 aromatic heterocycles. The molecule has 0 aliphatic carbocycles. The maximum Gasteiger partial charge on any atom is 0.152 e. The third kappa shape index (κ3) is 2.87. The Morgan fingerprint density at radius 1 is 1.22 bits per heavy atom. The second-order valence-corrected chi connectivity index (χ2v) is 7.04. The number of hydrogen-bond donors (Lipinski definition) is 0. The minimum absolute atomic E-state index is 0.178. The van der Waals surface area contributed by atoms with Gasteiger partial charge in [-0.3, -0.25) is 0 Å². The van der Waals surface area contributed by atoms with Crippen LogP contribution < -0.4 is 0 Å². The maximum absolute atomic E-state index is 11.7. The number of aromatic nitrogens is 1. The van der Waals surface area contributed by atoms with Crippen molar-refractivity contribution in [2.45, 2.75) is 19.9 Å². The number of nitrogens with zero attached hydrogens (tertiary/aromatic N) is 1. The van der Waals surface area contributed by atoms with Crippen LogP contribution in [-0.2, 0) is 16.4 Å². The van der Waals surface area contributed by atoms with Crippen LogP contribution in [-0.4, -0.2) is 24.5 Å². The smallest absolute Gasteiger partial charge is 0.152 e. The lowest BCUT2D eigenvalue weighted by Gasteiger charge is -2.06. The molecule has 0 aliphatic rings. The average molecular weight is 286 g/mol. The number of fused-ring (bicyclic) bond motifs is 1. The van der Waals surface area contributed by atoms with E-state index in [1.807, 2.05) is 42.0 Å². The van der Waals surface area contributed by atoms with Gasteiger partial charge in [0, 0.05) is 34.4 Å². The van der Waals surface area contributed by atoms with Gasteiger partial charge in [-0.2, -0.15) is 0 Å². The molecule has 0 amide bonds. The van der Waals surface area contributed by atoms with Crippen LogP contribution in [0, 0.1) is 0 Å². The number of hydrogen-bond acceptors (Lipinski definition) is 2. The summed E-state index contributed by atoms with van der Waals surface area (Å²) >= 11 is 6.08. The quantitative estimate of drug-likeness (QED) is 0.847. The predicted molar refractivity (Wildman–Crippen MR) is 75.9 cm³/mol. The van der Waals surface area contributed by atoms with Gasteiger partial charge in [-0.15, -0.1) is 0 Å². The molecule has 2 aromatic rings. The molecule has 0 N–H and O–H groups in total. The summed E-state index contributed by atoms with van der Waals surface area (Å²) < 4.78 is 25.3. The Morgan fingerprint density at radius 3 is 2.72 bits per heavy atom. The van der Waals surface area contributed by atoms with Gasteiger partial charge in [-0.25, -0.2) is 8.42 Å². The third-order valence-electron chi connectivity index (χ3n) is 2.92. The Morgan fingerprint density at radius 2 is 2.00 bits per heavy atom. The van der Waals surface area contributed by atoms with Crippen molar-refractivity contribution in [3.63, 3.8) is 0 Å². The molecular weight excluding hydrogens is 270 g/mol. The maximum atomic E-state index is 11.7. The topological polar surface area (TPSA) is 39.1 Å². The fraction of sp³-hybridized carbons (Fsp3) is 0.385. The van der Waals surface area contributed by atoms with Crippen molar-refractivity contribution >= 4 is 32.3 Å². The van der Waals surface area contributed by atoms with Crippen LogP contribution in [0.5, 0.6) is 0 Å². The number of halogens is 1. The molecule has 18 heavy (non-hydrogen) atoms. The van der Waals surface area contributed by atoms with Gasteiger partial charge in [0.15, 0.2) is 9.84 Å². The summed E-state index contributed by atoms with van der Waals surface area (Å²) in [5, 5.41) is 1.66. The van der Waals surface area contributed by atoms with Crippen molar-refractivity contribution < 1.29 is 8.42 Å². The van der Waals surface area contributed by atoms with E-state index in [1.54, 1.807) is 0 Å². The second-order valence-electron chi connectivity index (χ2n) is 4.33. The van der Waals surface area contributed by atoms with Gasteiger partial charge in [0.05, 0.1) is 5.75 Å². The van der Waals surface area contributed by atoms with Crippen molar-refractivity contribution in [3.8, 4) is 0 Å². The van der Waals surface area contributed by atoms with Crippen LogP contribution in [0.4, 0.5) is 0 Å². The summed E-state index contributed by atoms with van der Waals surface area (Å²) in [4.78, 5) is 0. The van der Waals surface area contributed by atoms with Crippen molar-refractivity contribution in [2.24, 2.45) is 0 Å². The van der Waals surface area contributed by atoms with Crippen molar-refractivity contribution in [3.05, 3.63) is 35.5 Å². The molecule has 98 valence electrons. The zero-order valence-corrected chi connectivity index (χ0v) is 11.8. The molecule has 3 nitrogen and oxygen atoms in total. The van der Waals surface area contributed by atoms with Crippen LogP contribution in [0.2, 0.25) is 5.02 Å². The molecule has 0 spiro atoms. The van der Waals surface area contributed by atoms with Gasteiger partial charge in [-0.1, -0.05) is 24.6 Å². The second kappa shape index (κ2) is 5.33. The van der Waals surface area contributed by atoms with Crippen LogP contribution in [0.1, 0.15) is 13.3 Å². The van der Waals surface area contributed by atoms with Crippen LogP contribution >= 0.6 is 11.6 Å². The number of benzene rings is 1. The molecule has 2 rings (SSSR count). The highest BCUT2D eigenvalue weighted by Crippen LogP contribution is 2.24. The van der Waals surface area contributed by atoms with E-state index in [2.05, 4.69) is 0 Å². The molecule has 1 heterocycles. The number of rotatable bonds is 5. The monoisotopic (exact) mass is 285 g/mol. The van der Waals surface area contributed by atoms with E-state index in [9.17, 15) is 8.42 Å². The first-order chi connectivity index (χ1) is 8.53. The Balaban J connectivity index is 2.21. The van der Waals surface area contributed by atoms with Crippen molar-refractivity contribution in [1.82, 2.24) is 4.57 Å². The average Bonchev–Trinajstić information content (AvgIpc) is 2.71.